The lowest BCUT2D eigenvalue weighted by atomic mass is 10.1. The number of benzene rings is 1. The molecule has 0 saturated heterocycles. The molecule has 1 aromatic rings. The standard InChI is InChI=1S/C13H12N2O2/c1-2-17-13(16)11-6-7-12(15)10(9-11)5-3-4-8-14/h6-7,9H,2,4,15H2,1H3. The lowest BCUT2D eigenvalue weighted by Crippen LogP contribution is -2.05. The summed E-state index contributed by atoms with van der Waals surface area (Å²) < 4.78 is 4.87. The summed E-state index contributed by atoms with van der Waals surface area (Å²) in [6.45, 7) is 2.06. The van der Waals surface area contributed by atoms with E-state index in [1.807, 2.05) is 6.07 Å². The van der Waals surface area contributed by atoms with E-state index in [4.69, 9.17) is 15.7 Å². The summed E-state index contributed by atoms with van der Waals surface area (Å²) in [7, 11) is 0. The van der Waals surface area contributed by atoms with E-state index in [1.165, 1.54) is 0 Å². The van der Waals surface area contributed by atoms with Crippen LogP contribution < -0.4 is 5.73 Å². The summed E-state index contributed by atoms with van der Waals surface area (Å²) in [5.74, 6) is 4.99. The van der Waals surface area contributed by atoms with E-state index < -0.39 is 5.97 Å². The number of hydrogen-bond donors (Lipinski definition) is 1. The molecule has 0 atom stereocenters. The van der Waals surface area contributed by atoms with Crippen LogP contribution in [0.15, 0.2) is 18.2 Å². The third-order valence-corrected chi connectivity index (χ3v) is 1.95. The summed E-state index contributed by atoms with van der Waals surface area (Å²) in [6.07, 6.45) is 0.128. The molecule has 1 rings (SSSR count). The second-order valence-corrected chi connectivity index (χ2v) is 3.16. The van der Waals surface area contributed by atoms with Crippen molar-refractivity contribution in [2.75, 3.05) is 12.3 Å². The largest absolute Gasteiger partial charge is 0.462 e. The van der Waals surface area contributed by atoms with Gasteiger partial charge in [0.25, 0.3) is 0 Å². The SMILES string of the molecule is CCOC(=O)c1ccc(N)c(C#CCC#N)c1. The van der Waals surface area contributed by atoms with Gasteiger partial charge in [-0.3, -0.25) is 0 Å². The predicted octanol–water partition coefficient (Wildman–Crippen LogP) is 1.71. The Morgan fingerprint density at radius 2 is 2.29 bits per heavy atom. The van der Waals surface area contributed by atoms with Gasteiger partial charge in [-0.25, -0.2) is 4.79 Å². The van der Waals surface area contributed by atoms with Crippen molar-refractivity contribution < 1.29 is 9.53 Å². The molecule has 0 heterocycles. The first-order valence-corrected chi connectivity index (χ1v) is 5.11. The van der Waals surface area contributed by atoms with Crippen molar-refractivity contribution >= 4 is 11.7 Å². The molecule has 86 valence electrons. The third kappa shape index (κ3) is 3.55. The average molecular weight is 228 g/mol. The molecule has 0 aliphatic rings. The van der Waals surface area contributed by atoms with Gasteiger partial charge in [0.15, 0.2) is 0 Å². The van der Waals surface area contributed by atoms with Gasteiger partial charge in [-0.15, -0.1) is 0 Å². The molecule has 4 heteroatoms. The van der Waals surface area contributed by atoms with E-state index in [2.05, 4.69) is 11.8 Å². The van der Waals surface area contributed by atoms with Crippen LogP contribution in [0.1, 0.15) is 29.3 Å². The number of anilines is 1. The minimum absolute atomic E-state index is 0.128. The first-order valence-electron chi connectivity index (χ1n) is 5.11. The summed E-state index contributed by atoms with van der Waals surface area (Å²) in [4.78, 5) is 11.5. The fourth-order valence-corrected chi connectivity index (χ4v) is 1.18. The quantitative estimate of drug-likeness (QED) is 0.475. The van der Waals surface area contributed by atoms with Gasteiger partial charge >= 0.3 is 5.97 Å². The Morgan fingerprint density at radius 3 is 2.94 bits per heavy atom. The fraction of sp³-hybridized carbons (Fsp3) is 0.231. The molecular formula is C13H12N2O2. The number of nitrogens with two attached hydrogens (primary N) is 1. The second-order valence-electron chi connectivity index (χ2n) is 3.16. The number of esters is 1. The number of rotatable bonds is 2. The molecule has 4 nitrogen and oxygen atoms in total. The van der Waals surface area contributed by atoms with Crippen molar-refractivity contribution in [3.63, 3.8) is 0 Å². The summed E-state index contributed by atoms with van der Waals surface area (Å²) in [5, 5.41) is 8.37. The molecule has 0 aliphatic carbocycles. The Kier molecular flexibility index (Phi) is 4.59. The molecule has 0 aromatic heterocycles. The molecule has 0 saturated carbocycles. The van der Waals surface area contributed by atoms with Gasteiger partial charge in [0.05, 0.1) is 24.7 Å². The first kappa shape index (κ1) is 12.6. The zero-order valence-electron chi connectivity index (χ0n) is 9.49. The highest BCUT2D eigenvalue weighted by molar-refractivity contribution is 5.90. The Bertz CT molecular complexity index is 518. The molecule has 0 spiro atoms. The van der Waals surface area contributed by atoms with Gasteiger partial charge < -0.3 is 10.5 Å². The third-order valence-electron chi connectivity index (χ3n) is 1.95. The smallest absolute Gasteiger partial charge is 0.338 e. The van der Waals surface area contributed by atoms with Crippen LogP contribution in [0.25, 0.3) is 0 Å². The van der Waals surface area contributed by atoms with E-state index in [1.54, 1.807) is 25.1 Å². The van der Waals surface area contributed by atoms with Crippen LogP contribution in [0.5, 0.6) is 0 Å². The molecule has 0 fully saturated rings. The Labute approximate surface area is 100.0 Å². The lowest BCUT2D eigenvalue weighted by molar-refractivity contribution is 0.0526. The minimum Gasteiger partial charge on any atom is -0.462 e. The van der Waals surface area contributed by atoms with Crippen LogP contribution in [0.2, 0.25) is 0 Å². The normalized spacial score (nSPS) is 8.71. The van der Waals surface area contributed by atoms with Gasteiger partial charge in [-0.2, -0.15) is 5.26 Å². The van der Waals surface area contributed by atoms with Crippen molar-refractivity contribution in [2.24, 2.45) is 0 Å². The van der Waals surface area contributed by atoms with Crippen molar-refractivity contribution in [1.29, 1.82) is 5.26 Å². The van der Waals surface area contributed by atoms with E-state index in [-0.39, 0.29) is 6.42 Å². The van der Waals surface area contributed by atoms with Crippen LogP contribution in [-0.4, -0.2) is 12.6 Å². The van der Waals surface area contributed by atoms with Gasteiger partial charge in [0, 0.05) is 11.3 Å². The Balaban J connectivity index is 3.00. The molecule has 0 unspecified atom stereocenters. The molecule has 0 amide bonds. The van der Waals surface area contributed by atoms with Crippen molar-refractivity contribution in [2.45, 2.75) is 13.3 Å². The first-order chi connectivity index (χ1) is 8.19. The number of nitrogens with zero attached hydrogens (tertiary/aromatic N) is 1. The van der Waals surface area contributed by atoms with Crippen LogP contribution >= 0.6 is 0 Å². The molecule has 0 aliphatic heterocycles. The maximum absolute atomic E-state index is 11.5. The van der Waals surface area contributed by atoms with Crippen LogP contribution in [0, 0.1) is 23.2 Å². The molecule has 1 aromatic carbocycles. The maximum atomic E-state index is 11.5. The van der Waals surface area contributed by atoms with Crippen molar-refractivity contribution in [3.8, 4) is 17.9 Å². The van der Waals surface area contributed by atoms with E-state index in [0.29, 0.717) is 23.4 Å². The highest BCUT2D eigenvalue weighted by Crippen LogP contribution is 2.14. The van der Waals surface area contributed by atoms with Crippen molar-refractivity contribution in [3.05, 3.63) is 29.3 Å². The Hall–Kier alpha value is -2.46. The summed E-state index contributed by atoms with van der Waals surface area (Å²) in [5.41, 5.74) is 7.12. The monoisotopic (exact) mass is 228 g/mol. The molecule has 17 heavy (non-hydrogen) atoms. The molecular weight excluding hydrogens is 216 g/mol. The average Bonchev–Trinajstić information content (AvgIpc) is 2.32. The lowest BCUT2D eigenvalue weighted by Gasteiger charge is -2.03. The Morgan fingerprint density at radius 1 is 1.53 bits per heavy atom. The topological polar surface area (TPSA) is 76.1 Å². The van der Waals surface area contributed by atoms with Crippen molar-refractivity contribution in [1.82, 2.24) is 0 Å². The number of carbonyl (C=O) groups is 1. The maximum Gasteiger partial charge on any atom is 0.338 e. The van der Waals surface area contributed by atoms with Crippen LogP contribution in [0.4, 0.5) is 5.69 Å². The van der Waals surface area contributed by atoms with Crippen LogP contribution in [0.3, 0.4) is 0 Å². The number of hydrogen-bond acceptors (Lipinski definition) is 4. The highest BCUT2D eigenvalue weighted by atomic mass is 16.5. The van der Waals surface area contributed by atoms with E-state index in [0.717, 1.165) is 0 Å². The van der Waals surface area contributed by atoms with E-state index >= 15 is 0 Å². The number of ether oxygens (including phenoxy) is 1. The zero-order chi connectivity index (χ0) is 12.7. The molecule has 0 bridgehead atoms. The van der Waals surface area contributed by atoms with Gasteiger partial charge in [-0.05, 0) is 25.1 Å². The molecule has 0 radical (unpaired) electrons. The van der Waals surface area contributed by atoms with E-state index in [9.17, 15) is 4.79 Å². The van der Waals surface area contributed by atoms with Gasteiger partial charge in [0.1, 0.15) is 0 Å². The summed E-state index contributed by atoms with van der Waals surface area (Å²) in [6, 6.07) is 6.66. The number of nitrogen functional groups attached to an aromatic ring is 1. The predicted molar refractivity (Wildman–Crippen MR) is 63.9 cm³/mol. The van der Waals surface area contributed by atoms with Gasteiger partial charge in [0.2, 0.25) is 0 Å². The summed E-state index contributed by atoms with van der Waals surface area (Å²) >= 11 is 0. The number of carbonyl (C=O) groups excluding carboxylic acids is 1. The van der Waals surface area contributed by atoms with Crippen LogP contribution in [-0.2, 0) is 4.74 Å². The zero-order valence-corrected chi connectivity index (χ0v) is 9.49. The second kappa shape index (κ2) is 6.19. The fourth-order valence-electron chi connectivity index (χ4n) is 1.18. The molecule has 2 N–H and O–H groups in total. The number of nitriles is 1. The minimum atomic E-state index is -0.407. The highest BCUT2D eigenvalue weighted by Gasteiger charge is 2.07. The van der Waals surface area contributed by atoms with Gasteiger partial charge in [-0.1, -0.05) is 11.8 Å².